The SMILES string of the molecule is O=C(O)C1CCCC(C(=O)N2CCOC3(CCCCCC3)C2)C1. The first-order valence-corrected chi connectivity index (χ1v) is 9.25. The third-order valence-corrected chi connectivity index (χ3v) is 5.95. The van der Waals surface area contributed by atoms with Gasteiger partial charge in [-0.2, -0.15) is 0 Å². The monoisotopic (exact) mass is 323 g/mol. The highest BCUT2D eigenvalue weighted by molar-refractivity contribution is 5.80. The second-order valence-electron chi connectivity index (χ2n) is 7.60. The summed E-state index contributed by atoms with van der Waals surface area (Å²) in [5.74, 6) is -1.02. The van der Waals surface area contributed by atoms with Crippen LogP contribution in [0.4, 0.5) is 0 Å². The Kier molecular flexibility index (Phi) is 5.24. The summed E-state index contributed by atoms with van der Waals surface area (Å²) in [6.07, 6.45) is 9.93. The lowest BCUT2D eigenvalue weighted by molar-refractivity contribution is -0.159. The molecule has 0 aromatic rings. The molecule has 130 valence electrons. The molecule has 5 heteroatoms. The summed E-state index contributed by atoms with van der Waals surface area (Å²) in [6, 6.07) is 0. The number of ether oxygens (including phenoxy) is 1. The normalized spacial score (nSPS) is 31.6. The number of nitrogens with zero attached hydrogens (tertiary/aromatic N) is 1. The minimum Gasteiger partial charge on any atom is -0.481 e. The maximum absolute atomic E-state index is 12.9. The smallest absolute Gasteiger partial charge is 0.306 e. The van der Waals surface area contributed by atoms with Gasteiger partial charge in [-0.05, 0) is 32.1 Å². The van der Waals surface area contributed by atoms with Crippen LogP contribution in [0.1, 0.15) is 64.2 Å². The molecule has 1 aliphatic heterocycles. The molecule has 1 N–H and O–H groups in total. The highest BCUT2D eigenvalue weighted by Crippen LogP contribution is 2.36. The van der Waals surface area contributed by atoms with Crippen LogP contribution < -0.4 is 0 Å². The first kappa shape index (κ1) is 16.7. The molecule has 2 atom stereocenters. The predicted molar refractivity (Wildman–Crippen MR) is 86.0 cm³/mol. The van der Waals surface area contributed by atoms with Gasteiger partial charge in [-0.3, -0.25) is 9.59 Å². The van der Waals surface area contributed by atoms with Gasteiger partial charge in [0.15, 0.2) is 0 Å². The van der Waals surface area contributed by atoms with Crippen LogP contribution in [0.2, 0.25) is 0 Å². The molecule has 2 unspecified atom stereocenters. The lowest BCUT2D eigenvalue weighted by Gasteiger charge is -2.44. The third-order valence-electron chi connectivity index (χ3n) is 5.95. The highest BCUT2D eigenvalue weighted by Gasteiger charge is 2.41. The van der Waals surface area contributed by atoms with Crippen LogP contribution in [0.25, 0.3) is 0 Å². The second kappa shape index (κ2) is 7.20. The van der Waals surface area contributed by atoms with E-state index < -0.39 is 5.97 Å². The van der Waals surface area contributed by atoms with Crippen molar-refractivity contribution in [2.45, 2.75) is 69.8 Å². The van der Waals surface area contributed by atoms with Gasteiger partial charge in [0.05, 0.1) is 18.1 Å². The predicted octanol–water partition coefficient (Wildman–Crippen LogP) is 2.83. The molecule has 3 fully saturated rings. The van der Waals surface area contributed by atoms with E-state index in [4.69, 9.17) is 4.74 Å². The molecule has 0 bridgehead atoms. The minimum atomic E-state index is -0.746. The van der Waals surface area contributed by atoms with Crippen molar-refractivity contribution in [3.63, 3.8) is 0 Å². The number of amides is 1. The zero-order valence-electron chi connectivity index (χ0n) is 14.0. The second-order valence-corrected chi connectivity index (χ2v) is 7.60. The Morgan fingerprint density at radius 3 is 2.39 bits per heavy atom. The summed E-state index contributed by atoms with van der Waals surface area (Å²) < 4.78 is 6.13. The Morgan fingerprint density at radius 1 is 1.00 bits per heavy atom. The summed E-state index contributed by atoms with van der Waals surface area (Å²) in [6.45, 7) is 2.00. The van der Waals surface area contributed by atoms with E-state index >= 15 is 0 Å². The molecule has 5 nitrogen and oxygen atoms in total. The summed E-state index contributed by atoms with van der Waals surface area (Å²) >= 11 is 0. The van der Waals surface area contributed by atoms with Crippen molar-refractivity contribution in [2.75, 3.05) is 19.7 Å². The molecule has 2 saturated carbocycles. The van der Waals surface area contributed by atoms with Gasteiger partial charge in [0.25, 0.3) is 0 Å². The van der Waals surface area contributed by atoms with Crippen molar-refractivity contribution in [3.8, 4) is 0 Å². The quantitative estimate of drug-likeness (QED) is 0.848. The molecule has 0 radical (unpaired) electrons. The van der Waals surface area contributed by atoms with Gasteiger partial charge in [0.2, 0.25) is 5.91 Å². The molecule has 3 aliphatic rings. The Hall–Kier alpha value is -1.10. The minimum absolute atomic E-state index is 0.106. The number of morpholine rings is 1. The van der Waals surface area contributed by atoms with Crippen molar-refractivity contribution < 1.29 is 19.4 Å². The van der Waals surface area contributed by atoms with E-state index in [-0.39, 0.29) is 23.3 Å². The van der Waals surface area contributed by atoms with Gasteiger partial charge >= 0.3 is 5.97 Å². The van der Waals surface area contributed by atoms with Crippen molar-refractivity contribution in [3.05, 3.63) is 0 Å². The summed E-state index contributed by atoms with van der Waals surface area (Å²) in [4.78, 5) is 26.1. The Labute approximate surface area is 138 Å². The number of hydrogen-bond acceptors (Lipinski definition) is 3. The van der Waals surface area contributed by atoms with Gasteiger partial charge in [-0.25, -0.2) is 0 Å². The number of hydrogen-bond donors (Lipinski definition) is 1. The summed E-state index contributed by atoms with van der Waals surface area (Å²) in [5.41, 5.74) is -0.134. The van der Waals surface area contributed by atoms with Crippen LogP contribution in [0.15, 0.2) is 0 Å². The number of carbonyl (C=O) groups is 2. The fourth-order valence-electron chi connectivity index (χ4n) is 4.60. The van der Waals surface area contributed by atoms with E-state index in [2.05, 4.69) is 0 Å². The molecular formula is C18H29NO4. The van der Waals surface area contributed by atoms with Crippen molar-refractivity contribution in [2.24, 2.45) is 11.8 Å². The van der Waals surface area contributed by atoms with E-state index in [1.54, 1.807) is 0 Å². The number of aliphatic carboxylic acids is 1. The van der Waals surface area contributed by atoms with Gasteiger partial charge in [0.1, 0.15) is 0 Å². The first-order valence-electron chi connectivity index (χ1n) is 9.25. The molecule has 0 aromatic heterocycles. The molecule has 1 spiro atoms. The topological polar surface area (TPSA) is 66.8 Å². The van der Waals surface area contributed by atoms with E-state index in [0.29, 0.717) is 32.5 Å². The third kappa shape index (κ3) is 3.87. The number of carbonyl (C=O) groups excluding carboxylic acids is 1. The molecule has 1 amide bonds. The molecule has 2 aliphatic carbocycles. The van der Waals surface area contributed by atoms with E-state index in [1.165, 1.54) is 25.7 Å². The van der Waals surface area contributed by atoms with Gasteiger partial charge < -0.3 is 14.7 Å². The fourth-order valence-corrected chi connectivity index (χ4v) is 4.60. The van der Waals surface area contributed by atoms with Crippen LogP contribution >= 0.6 is 0 Å². The van der Waals surface area contributed by atoms with Crippen LogP contribution in [-0.4, -0.2) is 47.2 Å². The highest BCUT2D eigenvalue weighted by atomic mass is 16.5. The number of carboxylic acid groups (broad SMARTS) is 1. The van der Waals surface area contributed by atoms with Crippen LogP contribution in [0.3, 0.4) is 0 Å². The van der Waals surface area contributed by atoms with Crippen molar-refractivity contribution in [1.29, 1.82) is 0 Å². The van der Waals surface area contributed by atoms with E-state index in [0.717, 1.165) is 25.7 Å². The fraction of sp³-hybridized carbons (Fsp3) is 0.889. The number of carboxylic acids is 1. The number of rotatable bonds is 2. The Bertz CT molecular complexity index is 442. The largest absolute Gasteiger partial charge is 0.481 e. The maximum Gasteiger partial charge on any atom is 0.306 e. The van der Waals surface area contributed by atoms with Gasteiger partial charge in [-0.1, -0.05) is 32.1 Å². The Balaban J connectivity index is 1.63. The van der Waals surface area contributed by atoms with Gasteiger partial charge in [0, 0.05) is 19.0 Å². The maximum atomic E-state index is 12.9. The van der Waals surface area contributed by atoms with Crippen LogP contribution in [0, 0.1) is 11.8 Å². The molecule has 3 rings (SSSR count). The zero-order chi connectivity index (χ0) is 16.3. The molecular weight excluding hydrogens is 294 g/mol. The molecule has 1 heterocycles. The molecule has 1 saturated heterocycles. The summed E-state index contributed by atoms with van der Waals surface area (Å²) in [5, 5.41) is 9.23. The lowest BCUT2D eigenvalue weighted by Crippen LogP contribution is -2.55. The van der Waals surface area contributed by atoms with Crippen molar-refractivity contribution >= 4 is 11.9 Å². The average molecular weight is 323 g/mol. The summed E-state index contributed by atoms with van der Waals surface area (Å²) in [7, 11) is 0. The van der Waals surface area contributed by atoms with Crippen molar-refractivity contribution in [1.82, 2.24) is 4.90 Å². The zero-order valence-corrected chi connectivity index (χ0v) is 14.0. The average Bonchev–Trinajstić information content (AvgIpc) is 2.80. The van der Waals surface area contributed by atoms with Gasteiger partial charge in [-0.15, -0.1) is 0 Å². The Morgan fingerprint density at radius 2 is 1.70 bits per heavy atom. The molecule has 23 heavy (non-hydrogen) atoms. The van der Waals surface area contributed by atoms with E-state index in [9.17, 15) is 14.7 Å². The standard InChI is InChI=1S/C18H29NO4/c20-16(14-6-5-7-15(12-14)17(21)22)19-10-11-23-18(13-19)8-3-1-2-4-9-18/h14-15H,1-13H2,(H,21,22). The van der Waals surface area contributed by atoms with Crippen LogP contribution in [-0.2, 0) is 14.3 Å². The lowest BCUT2D eigenvalue weighted by atomic mass is 9.80. The van der Waals surface area contributed by atoms with E-state index in [1.807, 2.05) is 4.90 Å². The first-order chi connectivity index (χ1) is 11.1. The van der Waals surface area contributed by atoms with Crippen LogP contribution in [0.5, 0.6) is 0 Å². The molecule has 0 aromatic carbocycles.